The lowest BCUT2D eigenvalue weighted by Gasteiger charge is -2.10. The summed E-state index contributed by atoms with van der Waals surface area (Å²) in [6.45, 7) is 2.39. The number of nitrogens with one attached hydrogen (secondary N) is 2. The summed E-state index contributed by atoms with van der Waals surface area (Å²) in [7, 11) is 0. The van der Waals surface area contributed by atoms with Gasteiger partial charge in [-0.3, -0.25) is 9.59 Å². The number of carbonyl (C=O) groups excluding carboxylic acids is 2. The van der Waals surface area contributed by atoms with Gasteiger partial charge in [-0.25, -0.2) is 9.67 Å². The molecule has 0 bridgehead atoms. The molecule has 1 saturated carbocycles. The second-order valence-electron chi connectivity index (χ2n) is 5.73. The van der Waals surface area contributed by atoms with Gasteiger partial charge in [-0.15, -0.1) is 0 Å². The second-order valence-corrected chi connectivity index (χ2v) is 5.73. The molecule has 2 amide bonds. The van der Waals surface area contributed by atoms with Crippen molar-refractivity contribution < 1.29 is 9.59 Å². The fourth-order valence-corrected chi connectivity index (χ4v) is 2.40. The van der Waals surface area contributed by atoms with Crippen molar-refractivity contribution >= 4 is 17.5 Å². The molecule has 7 nitrogen and oxygen atoms in total. The Morgan fingerprint density at radius 2 is 2.17 bits per heavy atom. The number of hydrogen-bond donors (Lipinski definition) is 2. The number of nitrogens with zero attached hydrogens (tertiary/aromatic N) is 3. The van der Waals surface area contributed by atoms with E-state index in [1.165, 1.54) is 0 Å². The highest BCUT2D eigenvalue weighted by molar-refractivity contribution is 5.92. The fraction of sp³-hybridized carbons (Fsp3) is 0.375. The van der Waals surface area contributed by atoms with E-state index in [0.29, 0.717) is 24.0 Å². The Morgan fingerprint density at radius 3 is 2.87 bits per heavy atom. The van der Waals surface area contributed by atoms with Gasteiger partial charge in [-0.05, 0) is 30.5 Å². The number of anilines is 1. The van der Waals surface area contributed by atoms with Crippen molar-refractivity contribution in [2.45, 2.75) is 19.8 Å². The molecule has 0 aliphatic heterocycles. The summed E-state index contributed by atoms with van der Waals surface area (Å²) in [6.07, 6.45) is 6.22. The number of amides is 2. The first kappa shape index (κ1) is 15.2. The molecule has 7 heteroatoms. The van der Waals surface area contributed by atoms with E-state index in [1.54, 1.807) is 41.5 Å². The fourth-order valence-electron chi connectivity index (χ4n) is 2.40. The molecule has 2 heterocycles. The van der Waals surface area contributed by atoms with E-state index < -0.39 is 0 Å². The third kappa shape index (κ3) is 3.74. The molecule has 3 rings (SSSR count). The third-order valence-corrected chi connectivity index (χ3v) is 3.88. The smallest absolute Gasteiger partial charge is 0.226 e. The van der Waals surface area contributed by atoms with Crippen molar-refractivity contribution in [1.82, 2.24) is 20.1 Å². The summed E-state index contributed by atoms with van der Waals surface area (Å²) < 4.78 is 1.59. The van der Waals surface area contributed by atoms with E-state index in [-0.39, 0.29) is 24.2 Å². The predicted molar refractivity (Wildman–Crippen MR) is 84.9 cm³/mol. The zero-order chi connectivity index (χ0) is 16.2. The normalized spacial score (nSPS) is 19.2. The molecule has 1 aliphatic rings. The van der Waals surface area contributed by atoms with Crippen molar-refractivity contribution in [2.75, 3.05) is 11.9 Å². The quantitative estimate of drug-likeness (QED) is 0.843. The maximum atomic E-state index is 12.0. The Hall–Kier alpha value is -2.70. The monoisotopic (exact) mass is 313 g/mol. The first-order valence-corrected chi connectivity index (χ1v) is 7.68. The van der Waals surface area contributed by atoms with Crippen molar-refractivity contribution in [1.29, 1.82) is 0 Å². The molecule has 2 aromatic heterocycles. The second kappa shape index (κ2) is 6.60. The summed E-state index contributed by atoms with van der Waals surface area (Å²) in [4.78, 5) is 28.0. The van der Waals surface area contributed by atoms with Gasteiger partial charge in [-0.2, -0.15) is 5.10 Å². The van der Waals surface area contributed by atoms with Crippen LogP contribution in [0.3, 0.4) is 0 Å². The number of aromatic nitrogens is 3. The molecule has 1 aliphatic carbocycles. The number of rotatable bonds is 6. The van der Waals surface area contributed by atoms with Gasteiger partial charge < -0.3 is 10.6 Å². The molecule has 2 aromatic rings. The zero-order valence-corrected chi connectivity index (χ0v) is 12.9. The maximum Gasteiger partial charge on any atom is 0.226 e. The van der Waals surface area contributed by atoms with E-state index in [1.807, 2.05) is 0 Å². The van der Waals surface area contributed by atoms with Gasteiger partial charge in [0.25, 0.3) is 0 Å². The maximum absolute atomic E-state index is 12.0. The largest absolute Gasteiger partial charge is 0.355 e. The summed E-state index contributed by atoms with van der Waals surface area (Å²) in [6, 6.07) is 5.31. The van der Waals surface area contributed by atoms with Gasteiger partial charge >= 0.3 is 0 Å². The van der Waals surface area contributed by atoms with Crippen molar-refractivity contribution in [3.63, 3.8) is 0 Å². The molecular formula is C16H19N5O2. The van der Waals surface area contributed by atoms with Crippen LogP contribution in [-0.2, 0) is 9.59 Å². The van der Waals surface area contributed by atoms with E-state index in [2.05, 4.69) is 27.6 Å². The van der Waals surface area contributed by atoms with Gasteiger partial charge in [0.2, 0.25) is 11.8 Å². The average Bonchev–Trinajstić information content (AvgIpc) is 3.04. The highest BCUT2D eigenvalue weighted by Gasteiger charge is 2.38. The Labute approximate surface area is 134 Å². The van der Waals surface area contributed by atoms with Gasteiger partial charge in [0.15, 0.2) is 5.82 Å². The van der Waals surface area contributed by atoms with Gasteiger partial charge in [0.05, 0.1) is 5.69 Å². The summed E-state index contributed by atoms with van der Waals surface area (Å²) in [5.74, 6) is 1.03. The molecule has 0 spiro atoms. The predicted octanol–water partition coefficient (Wildman–Crippen LogP) is 1.37. The molecular weight excluding hydrogens is 294 g/mol. The third-order valence-electron chi connectivity index (χ3n) is 3.88. The Morgan fingerprint density at radius 1 is 1.35 bits per heavy atom. The van der Waals surface area contributed by atoms with Crippen LogP contribution in [0.15, 0.2) is 36.8 Å². The molecule has 2 N–H and O–H groups in total. The zero-order valence-electron chi connectivity index (χ0n) is 12.9. The van der Waals surface area contributed by atoms with Crippen LogP contribution in [-0.4, -0.2) is 33.1 Å². The van der Waals surface area contributed by atoms with Crippen LogP contribution in [0.5, 0.6) is 0 Å². The summed E-state index contributed by atoms with van der Waals surface area (Å²) >= 11 is 0. The summed E-state index contributed by atoms with van der Waals surface area (Å²) in [5, 5.41) is 9.73. The SMILES string of the molecule is C[C@H]1C[C@@H]1C(=O)NCCC(=O)Nc1cccnc1-n1cccn1. The van der Waals surface area contributed by atoms with Crippen LogP contribution >= 0.6 is 0 Å². The minimum absolute atomic E-state index is 0.0453. The van der Waals surface area contributed by atoms with E-state index in [4.69, 9.17) is 0 Å². The Balaban J connectivity index is 1.53. The molecule has 0 aromatic carbocycles. The standard InChI is InChI=1S/C16H19N5O2/c1-11-10-12(11)16(23)18-8-5-14(22)20-13-4-2-6-17-15(13)21-9-3-7-19-21/h2-4,6-7,9,11-12H,5,8,10H2,1H3,(H,18,23)(H,20,22)/t11-,12-/m0/s1. The van der Waals surface area contributed by atoms with E-state index in [9.17, 15) is 9.59 Å². The molecule has 1 fully saturated rings. The van der Waals surface area contributed by atoms with Gasteiger partial charge in [0, 0.05) is 37.5 Å². The van der Waals surface area contributed by atoms with Crippen LogP contribution in [0.2, 0.25) is 0 Å². The minimum atomic E-state index is -0.171. The van der Waals surface area contributed by atoms with Crippen LogP contribution in [0.1, 0.15) is 19.8 Å². The molecule has 0 radical (unpaired) electrons. The summed E-state index contributed by atoms with van der Waals surface area (Å²) in [5.41, 5.74) is 0.586. The van der Waals surface area contributed by atoms with Crippen LogP contribution in [0.4, 0.5) is 5.69 Å². The lowest BCUT2D eigenvalue weighted by molar-refractivity contribution is -0.122. The van der Waals surface area contributed by atoms with Crippen LogP contribution in [0, 0.1) is 11.8 Å². The van der Waals surface area contributed by atoms with Crippen molar-refractivity contribution in [3.05, 3.63) is 36.8 Å². The highest BCUT2D eigenvalue weighted by atomic mass is 16.2. The Kier molecular flexibility index (Phi) is 4.36. The average molecular weight is 313 g/mol. The van der Waals surface area contributed by atoms with Crippen molar-refractivity contribution in [3.8, 4) is 5.82 Å². The van der Waals surface area contributed by atoms with Crippen LogP contribution < -0.4 is 10.6 Å². The molecule has 120 valence electrons. The van der Waals surface area contributed by atoms with Gasteiger partial charge in [-0.1, -0.05) is 6.92 Å². The molecule has 0 saturated heterocycles. The topological polar surface area (TPSA) is 88.9 Å². The first-order chi connectivity index (χ1) is 11.1. The first-order valence-electron chi connectivity index (χ1n) is 7.68. The molecule has 23 heavy (non-hydrogen) atoms. The highest BCUT2D eigenvalue weighted by Crippen LogP contribution is 2.37. The number of pyridine rings is 1. The lowest BCUT2D eigenvalue weighted by Crippen LogP contribution is -2.29. The minimum Gasteiger partial charge on any atom is -0.355 e. The van der Waals surface area contributed by atoms with E-state index >= 15 is 0 Å². The van der Waals surface area contributed by atoms with Crippen molar-refractivity contribution in [2.24, 2.45) is 11.8 Å². The number of hydrogen-bond acceptors (Lipinski definition) is 4. The lowest BCUT2D eigenvalue weighted by atomic mass is 10.3. The Bertz CT molecular complexity index is 698. The van der Waals surface area contributed by atoms with Gasteiger partial charge in [0.1, 0.15) is 0 Å². The van der Waals surface area contributed by atoms with E-state index in [0.717, 1.165) is 6.42 Å². The van der Waals surface area contributed by atoms with Crippen LogP contribution in [0.25, 0.3) is 5.82 Å². The number of carbonyl (C=O) groups is 2. The molecule has 2 atom stereocenters. The molecule has 0 unspecified atom stereocenters.